The number of nitrogens with one attached hydrogen (secondary N) is 1. The molecule has 25 heavy (non-hydrogen) atoms. The van der Waals surface area contributed by atoms with Crippen molar-refractivity contribution in [2.45, 2.75) is 18.4 Å². The SMILES string of the molecule is Cc1cc(NS(=O)(=O)c2ccc(Br)cc2)nn1Cc1ccc(Cl)cc1. The van der Waals surface area contributed by atoms with Crippen molar-refractivity contribution in [3.05, 3.63) is 75.4 Å². The maximum atomic E-state index is 12.4. The van der Waals surface area contributed by atoms with Gasteiger partial charge < -0.3 is 0 Å². The number of anilines is 1. The molecule has 1 heterocycles. The molecule has 0 bridgehead atoms. The molecule has 0 unspecified atom stereocenters. The number of rotatable bonds is 5. The molecular formula is C17H15BrClN3O2S. The fourth-order valence-electron chi connectivity index (χ4n) is 2.29. The first-order valence-corrected chi connectivity index (χ1v) is 10.1. The van der Waals surface area contributed by atoms with Gasteiger partial charge in [0.05, 0.1) is 11.4 Å². The van der Waals surface area contributed by atoms with Crippen LogP contribution in [0.3, 0.4) is 0 Å². The van der Waals surface area contributed by atoms with E-state index in [2.05, 4.69) is 25.8 Å². The Bertz CT molecular complexity index is 984. The van der Waals surface area contributed by atoms with Gasteiger partial charge in [0.2, 0.25) is 0 Å². The van der Waals surface area contributed by atoms with Crippen LogP contribution >= 0.6 is 27.5 Å². The van der Waals surface area contributed by atoms with Crippen molar-refractivity contribution in [1.29, 1.82) is 0 Å². The van der Waals surface area contributed by atoms with Gasteiger partial charge in [-0.1, -0.05) is 39.7 Å². The summed E-state index contributed by atoms with van der Waals surface area (Å²) >= 11 is 9.18. The highest BCUT2D eigenvalue weighted by molar-refractivity contribution is 9.10. The van der Waals surface area contributed by atoms with Crippen molar-refractivity contribution in [2.24, 2.45) is 0 Å². The van der Waals surface area contributed by atoms with Crippen LogP contribution in [0.4, 0.5) is 5.82 Å². The molecule has 5 nitrogen and oxygen atoms in total. The monoisotopic (exact) mass is 439 g/mol. The molecule has 1 aromatic heterocycles. The van der Waals surface area contributed by atoms with Gasteiger partial charge in [0, 0.05) is 21.3 Å². The van der Waals surface area contributed by atoms with Gasteiger partial charge in [0.25, 0.3) is 10.0 Å². The van der Waals surface area contributed by atoms with Gasteiger partial charge >= 0.3 is 0 Å². The number of aryl methyl sites for hydroxylation is 1. The van der Waals surface area contributed by atoms with E-state index in [1.54, 1.807) is 22.9 Å². The number of hydrogen-bond acceptors (Lipinski definition) is 3. The Morgan fingerprint density at radius 1 is 1.12 bits per heavy atom. The van der Waals surface area contributed by atoms with Crippen LogP contribution < -0.4 is 4.72 Å². The topological polar surface area (TPSA) is 64.0 Å². The van der Waals surface area contributed by atoms with Crippen LogP contribution in [0.25, 0.3) is 0 Å². The molecule has 8 heteroatoms. The third-order valence-corrected chi connectivity index (χ3v) is 5.74. The Hall–Kier alpha value is -1.83. The highest BCUT2D eigenvalue weighted by Crippen LogP contribution is 2.19. The molecule has 0 amide bonds. The summed E-state index contributed by atoms with van der Waals surface area (Å²) in [5.41, 5.74) is 1.88. The number of halogens is 2. The Balaban J connectivity index is 1.80. The van der Waals surface area contributed by atoms with E-state index in [1.165, 1.54) is 12.1 Å². The summed E-state index contributed by atoms with van der Waals surface area (Å²) in [6, 6.07) is 15.6. The number of benzene rings is 2. The van der Waals surface area contributed by atoms with Crippen molar-refractivity contribution in [2.75, 3.05) is 4.72 Å². The molecule has 0 fully saturated rings. The molecule has 130 valence electrons. The molecule has 0 radical (unpaired) electrons. The summed E-state index contributed by atoms with van der Waals surface area (Å²) in [7, 11) is -3.68. The number of sulfonamides is 1. The van der Waals surface area contributed by atoms with Crippen molar-refractivity contribution in [1.82, 2.24) is 9.78 Å². The highest BCUT2D eigenvalue weighted by atomic mass is 79.9. The van der Waals surface area contributed by atoms with E-state index in [0.29, 0.717) is 11.6 Å². The maximum Gasteiger partial charge on any atom is 0.263 e. The third kappa shape index (κ3) is 4.42. The first kappa shape index (κ1) is 18.0. The van der Waals surface area contributed by atoms with Crippen molar-refractivity contribution in [3.8, 4) is 0 Å². The first-order valence-electron chi connectivity index (χ1n) is 7.41. The highest BCUT2D eigenvalue weighted by Gasteiger charge is 2.16. The lowest BCUT2D eigenvalue weighted by atomic mass is 10.2. The van der Waals surface area contributed by atoms with E-state index in [-0.39, 0.29) is 10.7 Å². The molecule has 2 aromatic carbocycles. The number of nitrogens with zero attached hydrogens (tertiary/aromatic N) is 2. The summed E-state index contributed by atoms with van der Waals surface area (Å²) in [4.78, 5) is 0.181. The predicted octanol–water partition coefficient (Wildman–Crippen LogP) is 4.46. The predicted molar refractivity (Wildman–Crippen MR) is 102 cm³/mol. The van der Waals surface area contributed by atoms with E-state index >= 15 is 0 Å². The summed E-state index contributed by atoms with van der Waals surface area (Å²) in [6.07, 6.45) is 0. The van der Waals surface area contributed by atoms with Gasteiger partial charge in [0.15, 0.2) is 5.82 Å². The average molecular weight is 441 g/mol. The van der Waals surface area contributed by atoms with Crippen LogP contribution in [0.1, 0.15) is 11.3 Å². The molecule has 1 N–H and O–H groups in total. The van der Waals surface area contributed by atoms with E-state index in [4.69, 9.17) is 11.6 Å². The standard InChI is InChI=1S/C17H15BrClN3O2S/c1-12-10-17(20-22(12)11-13-2-6-15(19)7-3-13)21-25(23,24)16-8-4-14(18)5-9-16/h2-10H,11H2,1H3,(H,20,21). The lowest BCUT2D eigenvalue weighted by Crippen LogP contribution is -2.13. The number of hydrogen-bond donors (Lipinski definition) is 1. The Kier molecular flexibility index (Phi) is 5.17. The van der Waals surface area contributed by atoms with Crippen molar-refractivity contribution in [3.63, 3.8) is 0 Å². The molecule has 3 aromatic rings. The molecule has 0 aliphatic rings. The third-order valence-electron chi connectivity index (χ3n) is 3.59. The summed E-state index contributed by atoms with van der Waals surface area (Å²) in [5, 5.41) is 5.01. The van der Waals surface area contributed by atoms with E-state index in [0.717, 1.165) is 15.7 Å². The average Bonchev–Trinajstić information content (AvgIpc) is 2.88. The van der Waals surface area contributed by atoms with E-state index in [1.807, 2.05) is 31.2 Å². The minimum Gasteiger partial charge on any atom is -0.263 e. The molecular weight excluding hydrogens is 426 g/mol. The van der Waals surface area contributed by atoms with Crippen LogP contribution in [0.15, 0.2) is 64.0 Å². The summed E-state index contributed by atoms with van der Waals surface area (Å²) in [6.45, 7) is 2.41. The van der Waals surface area contributed by atoms with Crippen LogP contribution in [0.2, 0.25) is 5.02 Å². The maximum absolute atomic E-state index is 12.4. The molecule has 0 aliphatic carbocycles. The zero-order valence-electron chi connectivity index (χ0n) is 13.3. The largest absolute Gasteiger partial charge is 0.263 e. The van der Waals surface area contributed by atoms with Crippen LogP contribution in [-0.4, -0.2) is 18.2 Å². The second-order valence-electron chi connectivity index (χ2n) is 5.51. The number of aromatic nitrogens is 2. The van der Waals surface area contributed by atoms with Gasteiger partial charge in [-0.05, 0) is 48.9 Å². The minimum absolute atomic E-state index is 0.181. The molecule has 0 saturated carbocycles. The van der Waals surface area contributed by atoms with Gasteiger partial charge in [-0.15, -0.1) is 0 Å². The summed E-state index contributed by atoms with van der Waals surface area (Å²) < 4.78 is 29.9. The second kappa shape index (κ2) is 7.19. The quantitative estimate of drug-likeness (QED) is 0.637. The molecule has 0 atom stereocenters. The molecule has 0 aliphatic heterocycles. The zero-order chi connectivity index (χ0) is 18.0. The normalized spacial score (nSPS) is 11.5. The van der Waals surface area contributed by atoms with E-state index in [9.17, 15) is 8.42 Å². The van der Waals surface area contributed by atoms with Crippen LogP contribution in [0, 0.1) is 6.92 Å². The first-order chi connectivity index (χ1) is 11.8. The van der Waals surface area contributed by atoms with Gasteiger partial charge in [-0.25, -0.2) is 8.42 Å². The molecule has 0 saturated heterocycles. The van der Waals surface area contributed by atoms with Gasteiger partial charge in [-0.3, -0.25) is 9.40 Å². The van der Waals surface area contributed by atoms with Crippen LogP contribution in [0.5, 0.6) is 0 Å². The fraction of sp³-hybridized carbons (Fsp3) is 0.118. The second-order valence-corrected chi connectivity index (χ2v) is 8.55. The van der Waals surface area contributed by atoms with Crippen molar-refractivity contribution < 1.29 is 8.42 Å². The lowest BCUT2D eigenvalue weighted by Gasteiger charge is -2.06. The molecule has 3 rings (SSSR count). The zero-order valence-corrected chi connectivity index (χ0v) is 16.4. The Morgan fingerprint density at radius 3 is 2.40 bits per heavy atom. The fourth-order valence-corrected chi connectivity index (χ4v) is 3.67. The lowest BCUT2D eigenvalue weighted by molar-refractivity contribution is 0.600. The summed E-state index contributed by atoms with van der Waals surface area (Å²) in [5.74, 6) is 0.286. The van der Waals surface area contributed by atoms with Gasteiger partial charge in [0.1, 0.15) is 0 Å². The Morgan fingerprint density at radius 2 is 1.76 bits per heavy atom. The van der Waals surface area contributed by atoms with Gasteiger partial charge in [-0.2, -0.15) is 5.10 Å². The smallest absolute Gasteiger partial charge is 0.263 e. The molecule has 0 spiro atoms. The van der Waals surface area contributed by atoms with E-state index < -0.39 is 10.0 Å². The van der Waals surface area contributed by atoms with Crippen LogP contribution in [-0.2, 0) is 16.6 Å². The minimum atomic E-state index is -3.68. The Labute approximate surface area is 159 Å². The van der Waals surface area contributed by atoms with Crippen molar-refractivity contribution >= 4 is 43.4 Å².